The predicted molar refractivity (Wildman–Crippen MR) is 97.6 cm³/mol. The quantitative estimate of drug-likeness (QED) is 0.890. The lowest BCUT2D eigenvalue weighted by molar-refractivity contribution is -0.135. The van der Waals surface area contributed by atoms with E-state index in [2.05, 4.69) is 21.9 Å². The van der Waals surface area contributed by atoms with Crippen LogP contribution in [-0.2, 0) is 4.79 Å². The molecule has 1 amide bonds. The summed E-state index contributed by atoms with van der Waals surface area (Å²) in [5.41, 5.74) is 1.19. The van der Waals surface area contributed by atoms with Crippen molar-refractivity contribution in [2.75, 3.05) is 33.4 Å². The standard InChI is InChI=1S/C20H30N2O3/c1-25-18-10-8-16(9-11-18)19-7-3-2-4-13-22(19)20(24)14-21-12-5-6-17(21)15-23/h8-11,17,19,23H,2-7,12-15H2,1H3. The second-order valence-electron chi connectivity index (χ2n) is 7.17. The first-order chi connectivity index (χ1) is 12.2. The van der Waals surface area contributed by atoms with Crippen LogP contribution < -0.4 is 4.74 Å². The van der Waals surface area contributed by atoms with Gasteiger partial charge in [-0.15, -0.1) is 0 Å². The molecule has 2 atom stereocenters. The zero-order chi connectivity index (χ0) is 17.6. The van der Waals surface area contributed by atoms with Gasteiger partial charge in [0, 0.05) is 12.6 Å². The average Bonchev–Trinajstić information content (AvgIpc) is 2.94. The van der Waals surface area contributed by atoms with Crippen LogP contribution >= 0.6 is 0 Å². The van der Waals surface area contributed by atoms with E-state index in [0.717, 1.165) is 50.9 Å². The van der Waals surface area contributed by atoms with Crippen molar-refractivity contribution in [1.82, 2.24) is 9.80 Å². The molecule has 1 N–H and O–H groups in total. The van der Waals surface area contributed by atoms with E-state index in [1.165, 1.54) is 12.0 Å². The molecule has 2 saturated heterocycles. The third-order valence-electron chi connectivity index (χ3n) is 5.62. The van der Waals surface area contributed by atoms with Crippen molar-refractivity contribution in [3.05, 3.63) is 29.8 Å². The van der Waals surface area contributed by atoms with E-state index in [4.69, 9.17) is 4.74 Å². The summed E-state index contributed by atoms with van der Waals surface area (Å²) in [4.78, 5) is 17.3. The highest BCUT2D eigenvalue weighted by atomic mass is 16.5. The lowest BCUT2D eigenvalue weighted by atomic mass is 10.0. The number of aliphatic hydroxyl groups excluding tert-OH is 1. The summed E-state index contributed by atoms with van der Waals surface area (Å²) in [6.07, 6.45) is 6.48. The van der Waals surface area contributed by atoms with Crippen molar-refractivity contribution in [2.45, 2.75) is 50.6 Å². The monoisotopic (exact) mass is 346 g/mol. The fourth-order valence-electron chi connectivity index (χ4n) is 4.15. The van der Waals surface area contributed by atoms with Gasteiger partial charge in [-0.2, -0.15) is 0 Å². The van der Waals surface area contributed by atoms with Crippen molar-refractivity contribution in [3.8, 4) is 5.75 Å². The maximum atomic E-state index is 13.1. The zero-order valence-corrected chi connectivity index (χ0v) is 15.2. The molecule has 2 aliphatic rings. The van der Waals surface area contributed by atoms with Gasteiger partial charge in [0.1, 0.15) is 5.75 Å². The molecule has 2 heterocycles. The molecule has 1 aromatic rings. The number of ether oxygens (including phenoxy) is 1. The van der Waals surface area contributed by atoms with E-state index in [1.807, 2.05) is 12.1 Å². The van der Waals surface area contributed by atoms with E-state index < -0.39 is 0 Å². The number of aliphatic hydroxyl groups is 1. The summed E-state index contributed by atoms with van der Waals surface area (Å²) in [6, 6.07) is 8.42. The van der Waals surface area contributed by atoms with Crippen LogP contribution in [0.4, 0.5) is 0 Å². The maximum Gasteiger partial charge on any atom is 0.237 e. The van der Waals surface area contributed by atoms with Crippen LogP contribution in [0.25, 0.3) is 0 Å². The normalized spacial score (nSPS) is 25.0. The number of methoxy groups -OCH3 is 1. The zero-order valence-electron chi connectivity index (χ0n) is 15.2. The van der Waals surface area contributed by atoms with Gasteiger partial charge >= 0.3 is 0 Å². The molecular weight excluding hydrogens is 316 g/mol. The summed E-state index contributed by atoms with van der Waals surface area (Å²) in [5.74, 6) is 1.04. The Kier molecular flexibility index (Phi) is 6.32. The first-order valence-corrected chi connectivity index (χ1v) is 9.51. The van der Waals surface area contributed by atoms with Crippen LogP contribution in [0.5, 0.6) is 5.75 Å². The number of amides is 1. The number of hydrogen-bond acceptors (Lipinski definition) is 4. The molecule has 0 aromatic heterocycles. The highest BCUT2D eigenvalue weighted by molar-refractivity contribution is 5.79. The molecule has 3 rings (SSSR count). The smallest absolute Gasteiger partial charge is 0.237 e. The lowest BCUT2D eigenvalue weighted by Gasteiger charge is -2.33. The van der Waals surface area contributed by atoms with Crippen molar-refractivity contribution in [1.29, 1.82) is 0 Å². The highest BCUT2D eigenvalue weighted by Gasteiger charge is 2.31. The van der Waals surface area contributed by atoms with Gasteiger partial charge in [0.05, 0.1) is 26.3 Å². The fourth-order valence-corrected chi connectivity index (χ4v) is 4.15. The summed E-state index contributed by atoms with van der Waals surface area (Å²) >= 11 is 0. The number of carbonyl (C=O) groups is 1. The predicted octanol–water partition coefficient (Wildman–Crippen LogP) is 2.60. The summed E-state index contributed by atoms with van der Waals surface area (Å²) in [5, 5.41) is 9.51. The minimum Gasteiger partial charge on any atom is -0.497 e. The summed E-state index contributed by atoms with van der Waals surface area (Å²) in [7, 11) is 1.67. The highest BCUT2D eigenvalue weighted by Crippen LogP contribution is 2.31. The first-order valence-electron chi connectivity index (χ1n) is 9.51. The molecule has 0 spiro atoms. The molecule has 0 aliphatic carbocycles. The van der Waals surface area contributed by atoms with Gasteiger partial charge in [-0.25, -0.2) is 0 Å². The third kappa shape index (κ3) is 4.33. The van der Waals surface area contributed by atoms with Gasteiger partial charge in [0.2, 0.25) is 5.91 Å². The number of benzene rings is 1. The van der Waals surface area contributed by atoms with Gasteiger partial charge in [-0.05, 0) is 49.9 Å². The Hall–Kier alpha value is -1.59. The molecule has 25 heavy (non-hydrogen) atoms. The topological polar surface area (TPSA) is 53.0 Å². The molecule has 2 aliphatic heterocycles. The first kappa shape index (κ1) is 18.2. The molecule has 0 bridgehead atoms. The van der Waals surface area contributed by atoms with Gasteiger partial charge in [-0.1, -0.05) is 25.0 Å². The molecule has 5 nitrogen and oxygen atoms in total. The maximum absolute atomic E-state index is 13.1. The third-order valence-corrected chi connectivity index (χ3v) is 5.62. The SMILES string of the molecule is COc1ccc(C2CCCCCN2C(=O)CN2CCCC2CO)cc1. The fraction of sp³-hybridized carbons (Fsp3) is 0.650. The molecule has 2 fully saturated rings. The Morgan fingerprint density at radius 2 is 1.92 bits per heavy atom. The van der Waals surface area contributed by atoms with E-state index in [1.54, 1.807) is 7.11 Å². The Morgan fingerprint density at radius 3 is 2.64 bits per heavy atom. The van der Waals surface area contributed by atoms with E-state index in [9.17, 15) is 9.90 Å². The van der Waals surface area contributed by atoms with Gasteiger partial charge < -0.3 is 14.7 Å². The van der Waals surface area contributed by atoms with Crippen molar-refractivity contribution >= 4 is 5.91 Å². The molecule has 5 heteroatoms. The van der Waals surface area contributed by atoms with Crippen LogP contribution in [0.3, 0.4) is 0 Å². The Balaban J connectivity index is 1.73. The number of likely N-dealkylation sites (tertiary alicyclic amines) is 2. The van der Waals surface area contributed by atoms with Crippen LogP contribution in [0.2, 0.25) is 0 Å². The lowest BCUT2D eigenvalue weighted by Crippen LogP contribution is -2.44. The minimum absolute atomic E-state index is 0.148. The van der Waals surface area contributed by atoms with Gasteiger partial charge in [0.25, 0.3) is 0 Å². The number of carbonyl (C=O) groups excluding carboxylic acids is 1. The van der Waals surface area contributed by atoms with Crippen LogP contribution in [0.15, 0.2) is 24.3 Å². The Morgan fingerprint density at radius 1 is 1.12 bits per heavy atom. The van der Waals surface area contributed by atoms with Crippen LogP contribution in [0.1, 0.15) is 50.1 Å². The second-order valence-corrected chi connectivity index (χ2v) is 7.17. The van der Waals surface area contributed by atoms with E-state index >= 15 is 0 Å². The Labute approximate surface area is 150 Å². The summed E-state index contributed by atoms with van der Waals surface area (Å²) in [6.45, 7) is 2.32. The van der Waals surface area contributed by atoms with E-state index in [0.29, 0.717) is 6.54 Å². The number of nitrogens with zero attached hydrogens (tertiary/aromatic N) is 2. The van der Waals surface area contributed by atoms with Gasteiger partial charge in [0.15, 0.2) is 0 Å². The molecule has 0 saturated carbocycles. The number of rotatable bonds is 5. The van der Waals surface area contributed by atoms with Crippen LogP contribution in [-0.4, -0.2) is 60.2 Å². The minimum atomic E-state index is 0.148. The molecule has 2 unspecified atom stereocenters. The molecular formula is C20H30N2O3. The summed E-state index contributed by atoms with van der Waals surface area (Å²) < 4.78 is 5.26. The molecule has 0 radical (unpaired) electrons. The largest absolute Gasteiger partial charge is 0.497 e. The number of hydrogen-bond donors (Lipinski definition) is 1. The van der Waals surface area contributed by atoms with Crippen molar-refractivity contribution < 1.29 is 14.6 Å². The molecule has 138 valence electrons. The Bertz CT molecular complexity index is 561. The van der Waals surface area contributed by atoms with E-state index in [-0.39, 0.29) is 24.6 Å². The molecule has 1 aromatic carbocycles. The van der Waals surface area contributed by atoms with Gasteiger partial charge in [-0.3, -0.25) is 9.69 Å². The van der Waals surface area contributed by atoms with Crippen LogP contribution in [0, 0.1) is 0 Å². The van der Waals surface area contributed by atoms with Crippen molar-refractivity contribution in [3.63, 3.8) is 0 Å². The second kappa shape index (κ2) is 8.68. The van der Waals surface area contributed by atoms with Crippen molar-refractivity contribution in [2.24, 2.45) is 0 Å². The average molecular weight is 346 g/mol.